The number of rotatable bonds is 6. The molecule has 1 heterocycles. The zero-order valence-corrected chi connectivity index (χ0v) is 18.2. The lowest BCUT2D eigenvalue weighted by Gasteiger charge is -2.26. The summed E-state index contributed by atoms with van der Waals surface area (Å²) in [4.78, 5) is 25.8. The molecule has 1 aliphatic rings. The Balaban J connectivity index is 2.18. The van der Waals surface area contributed by atoms with Crippen LogP contribution in [0, 0.1) is 5.82 Å². The van der Waals surface area contributed by atoms with Crippen molar-refractivity contribution >= 4 is 24.0 Å². The Kier molecular flexibility index (Phi) is 7.84. The first kappa shape index (κ1) is 25.9. The van der Waals surface area contributed by atoms with Crippen molar-refractivity contribution < 1.29 is 44.9 Å². The van der Waals surface area contributed by atoms with E-state index in [-0.39, 0.29) is 12.1 Å². The Morgan fingerprint density at radius 1 is 1.25 bits per heavy atom. The maximum absolute atomic E-state index is 14.4. The molecule has 0 saturated carbocycles. The highest BCUT2D eigenvalue weighted by Gasteiger charge is 2.42. The minimum Gasteiger partial charge on any atom is -0.444 e. The number of benzene rings is 1. The van der Waals surface area contributed by atoms with Crippen molar-refractivity contribution in [1.82, 2.24) is 10.2 Å². The lowest BCUT2D eigenvalue weighted by molar-refractivity contribution is -0.133. The van der Waals surface area contributed by atoms with Crippen molar-refractivity contribution in [3.05, 3.63) is 29.6 Å². The summed E-state index contributed by atoms with van der Waals surface area (Å²) in [5.41, 5.74) is -5.75. The van der Waals surface area contributed by atoms with Crippen LogP contribution in [0.2, 0.25) is 0 Å². The van der Waals surface area contributed by atoms with Gasteiger partial charge in [0.05, 0.1) is 6.54 Å². The SMILES string of the molecule is CC(C)(C)OC(=O)NC(Cc1ccc(OSC(F)(F)F)cc1F)C(=O)N1CCC(F)(F)C1. The van der Waals surface area contributed by atoms with Gasteiger partial charge in [-0.1, -0.05) is 6.07 Å². The molecule has 1 unspecified atom stereocenters. The number of likely N-dealkylation sites (tertiary alicyclic amines) is 1. The highest BCUT2D eigenvalue weighted by molar-refractivity contribution is 7.95. The third-order valence-corrected chi connectivity index (χ3v) is 4.62. The molecule has 1 atom stereocenters. The van der Waals surface area contributed by atoms with Crippen LogP contribution in [0.25, 0.3) is 0 Å². The van der Waals surface area contributed by atoms with Crippen molar-refractivity contribution in [3.8, 4) is 5.75 Å². The third-order valence-electron chi connectivity index (χ3n) is 4.15. The molecule has 2 rings (SSSR count). The first-order chi connectivity index (χ1) is 14.5. The number of alkyl halides is 5. The van der Waals surface area contributed by atoms with Gasteiger partial charge >= 0.3 is 11.6 Å². The molecule has 0 radical (unpaired) electrons. The molecule has 1 fully saturated rings. The Hall–Kier alpha value is -2.31. The number of halogens is 6. The van der Waals surface area contributed by atoms with Crippen molar-refractivity contribution in [3.63, 3.8) is 0 Å². The predicted molar refractivity (Wildman–Crippen MR) is 104 cm³/mol. The minimum atomic E-state index is -4.69. The molecule has 1 saturated heterocycles. The van der Waals surface area contributed by atoms with Gasteiger partial charge in [-0.05, 0) is 32.4 Å². The second-order valence-corrected chi connectivity index (χ2v) is 8.93. The van der Waals surface area contributed by atoms with Crippen LogP contribution in [0.5, 0.6) is 5.75 Å². The summed E-state index contributed by atoms with van der Waals surface area (Å²) in [6, 6.07) is 1.38. The average molecular weight is 488 g/mol. The van der Waals surface area contributed by atoms with Crippen LogP contribution < -0.4 is 9.50 Å². The van der Waals surface area contributed by atoms with Crippen molar-refractivity contribution in [2.45, 2.75) is 56.7 Å². The molecule has 6 nitrogen and oxygen atoms in total. The highest BCUT2D eigenvalue weighted by atomic mass is 32.2. The molecule has 1 aliphatic heterocycles. The van der Waals surface area contributed by atoms with Crippen LogP contribution in [0.1, 0.15) is 32.8 Å². The smallest absolute Gasteiger partial charge is 0.444 e. The number of carbonyl (C=O) groups excluding carboxylic acids is 2. The zero-order chi connectivity index (χ0) is 24.3. The maximum Gasteiger partial charge on any atom is 0.479 e. The van der Waals surface area contributed by atoms with Gasteiger partial charge in [0.2, 0.25) is 5.91 Å². The van der Waals surface area contributed by atoms with Gasteiger partial charge in [-0.15, -0.1) is 0 Å². The minimum absolute atomic E-state index is 0.144. The molecular weight excluding hydrogens is 466 g/mol. The van der Waals surface area contributed by atoms with Gasteiger partial charge < -0.3 is 19.1 Å². The van der Waals surface area contributed by atoms with Gasteiger partial charge in [0.25, 0.3) is 5.92 Å². The summed E-state index contributed by atoms with van der Waals surface area (Å²) in [5, 5.41) is 2.26. The van der Waals surface area contributed by atoms with E-state index in [1.165, 1.54) is 0 Å². The molecule has 0 aliphatic carbocycles. The lowest BCUT2D eigenvalue weighted by atomic mass is 10.0. The largest absolute Gasteiger partial charge is 0.479 e. The van der Waals surface area contributed by atoms with E-state index >= 15 is 0 Å². The summed E-state index contributed by atoms with van der Waals surface area (Å²) in [6.07, 6.45) is -2.00. The van der Waals surface area contributed by atoms with E-state index in [2.05, 4.69) is 9.50 Å². The topological polar surface area (TPSA) is 67.9 Å². The van der Waals surface area contributed by atoms with Crippen LogP contribution >= 0.6 is 12.0 Å². The number of alkyl carbamates (subject to hydrolysis) is 1. The number of ether oxygens (including phenoxy) is 1. The summed E-state index contributed by atoms with van der Waals surface area (Å²) in [6.45, 7) is 3.62. The van der Waals surface area contributed by atoms with Crippen LogP contribution in [0.4, 0.5) is 31.1 Å². The first-order valence-corrected chi connectivity index (χ1v) is 10.2. The fourth-order valence-electron chi connectivity index (χ4n) is 2.85. The van der Waals surface area contributed by atoms with E-state index in [0.29, 0.717) is 6.07 Å². The predicted octanol–water partition coefficient (Wildman–Crippen LogP) is 4.68. The zero-order valence-electron chi connectivity index (χ0n) is 17.4. The normalized spacial score (nSPS) is 17.1. The number of amides is 2. The highest BCUT2D eigenvalue weighted by Crippen LogP contribution is 2.33. The van der Waals surface area contributed by atoms with E-state index in [4.69, 9.17) is 4.74 Å². The van der Waals surface area contributed by atoms with Crippen LogP contribution in [0.15, 0.2) is 18.2 Å². The molecular formula is C19H22F6N2O4S. The van der Waals surface area contributed by atoms with Crippen molar-refractivity contribution in [1.29, 1.82) is 0 Å². The molecule has 1 aromatic carbocycles. The van der Waals surface area contributed by atoms with Gasteiger partial charge in [0.1, 0.15) is 23.2 Å². The summed E-state index contributed by atoms with van der Waals surface area (Å²) >= 11 is -0.822. The fraction of sp³-hybridized carbons (Fsp3) is 0.579. The van der Waals surface area contributed by atoms with Crippen molar-refractivity contribution in [2.75, 3.05) is 13.1 Å². The standard InChI is InChI=1S/C19H22F6N2O4S/c1-17(2,3)30-16(29)26-14(15(28)27-7-6-18(21,22)10-27)8-11-4-5-12(9-13(11)20)31-32-19(23,24)25/h4-5,9,14H,6-8,10H2,1-3H3,(H,26,29). The van der Waals surface area contributed by atoms with Crippen LogP contribution in [0.3, 0.4) is 0 Å². The summed E-state index contributed by atoms with van der Waals surface area (Å²) in [5.74, 6) is -5.36. The van der Waals surface area contributed by atoms with Crippen molar-refractivity contribution in [2.24, 2.45) is 0 Å². The number of hydrogen-bond donors (Lipinski definition) is 1. The van der Waals surface area contributed by atoms with Gasteiger partial charge in [-0.25, -0.2) is 18.0 Å². The molecule has 13 heteroatoms. The molecule has 1 aromatic rings. The molecule has 1 N–H and O–H groups in total. The Morgan fingerprint density at radius 3 is 2.41 bits per heavy atom. The van der Waals surface area contributed by atoms with Gasteiger partial charge in [0.15, 0.2) is 12.0 Å². The molecule has 2 amide bonds. The Bertz CT molecular complexity index is 844. The second-order valence-electron chi connectivity index (χ2n) is 8.13. The third kappa shape index (κ3) is 8.32. The van der Waals surface area contributed by atoms with Crippen LogP contribution in [-0.4, -0.2) is 53.1 Å². The molecule has 0 aromatic heterocycles. The monoisotopic (exact) mass is 488 g/mol. The quantitative estimate of drug-likeness (QED) is 0.466. The average Bonchev–Trinajstić information content (AvgIpc) is 2.98. The van der Waals surface area contributed by atoms with Gasteiger partial charge in [-0.3, -0.25) is 4.79 Å². The molecule has 0 spiro atoms. The lowest BCUT2D eigenvalue weighted by Crippen LogP contribution is -2.50. The number of carbonyl (C=O) groups is 2. The Morgan fingerprint density at radius 2 is 1.91 bits per heavy atom. The van der Waals surface area contributed by atoms with Gasteiger partial charge in [-0.2, -0.15) is 13.2 Å². The van der Waals surface area contributed by atoms with Gasteiger partial charge in [0, 0.05) is 25.5 Å². The summed E-state index contributed by atoms with van der Waals surface area (Å²) < 4.78 is 87.6. The molecule has 0 bridgehead atoms. The maximum atomic E-state index is 14.4. The van der Waals surface area contributed by atoms with E-state index in [0.717, 1.165) is 17.0 Å². The second kappa shape index (κ2) is 9.67. The first-order valence-electron chi connectivity index (χ1n) is 9.42. The molecule has 32 heavy (non-hydrogen) atoms. The number of nitrogens with zero attached hydrogens (tertiary/aromatic N) is 1. The number of nitrogens with one attached hydrogen (secondary N) is 1. The fourth-order valence-corrected chi connectivity index (χ4v) is 3.15. The number of hydrogen-bond acceptors (Lipinski definition) is 5. The van der Waals surface area contributed by atoms with Crippen LogP contribution in [-0.2, 0) is 16.0 Å². The Labute approximate surface area is 184 Å². The van der Waals surface area contributed by atoms with E-state index in [1.54, 1.807) is 20.8 Å². The van der Waals surface area contributed by atoms with E-state index in [9.17, 15) is 35.9 Å². The summed E-state index contributed by atoms with van der Waals surface area (Å²) in [7, 11) is 0. The van der Waals surface area contributed by atoms with E-state index in [1.807, 2.05) is 0 Å². The molecule has 180 valence electrons. The van der Waals surface area contributed by atoms with E-state index < -0.39 is 78.1 Å².